The second-order valence-electron chi connectivity index (χ2n) is 5.65. The summed E-state index contributed by atoms with van der Waals surface area (Å²) in [6.07, 6.45) is 2.43. The van der Waals surface area contributed by atoms with E-state index >= 15 is 0 Å². The largest absolute Gasteiger partial charge is 0.477 e. The van der Waals surface area contributed by atoms with Crippen LogP contribution in [-0.4, -0.2) is 34.8 Å². The van der Waals surface area contributed by atoms with Crippen molar-refractivity contribution in [1.29, 1.82) is 0 Å². The molecule has 0 saturated heterocycles. The van der Waals surface area contributed by atoms with Crippen LogP contribution in [0.25, 0.3) is 0 Å². The van der Waals surface area contributed by atoms with Gasteiger partial charge in [-0.05, 0) is 31.1 Å². The Morgan fingerprint density at radius 2 is 2.11 bits per heavy atom. The third-order valence-corrected chi connectivity index (χ3v) is 3.97. The summed E-state index contributed by atoms with van der Waals surface area (Å²) in [5.41, 5.74) is -0.0922. The number of carbonyl (C=O) groups is 2. The molecule has 2 N–H and O–H groups in total. The fourth-order valence-corrected chi connectivity index (χ4v) is 2.80. The molecule has 1 aliphatic heterocycles. The molecule has 1 heterocycles. The van der Waals surface area contributed by atoms with Crippen molar-refractivity contribution in [2.45, 2.75) is 51.7 Å². The first-order valence-corrected chi connectivity index (χ1v) is 6.73. The second kappa shape index (κ2) is 5.59. The van der Waals surface area contributed by atoms with Gasteiger partial charge in [-0.1, -0.05) is 19.0 Å². The van der Waals surface area contributed by atoms with Crippen molar-refractivity contribution in [2.75, 3.05) is 0 Å². The third kappa shape index (κ3) is 3.24. The highest BCUT2D eigenvalue weighted by molar-refractivity contribution is 6.36. The zero-order valence-electron chi connectivity index (χ0n) is 11.3. The van der Waals surface area contributed by atoms with E-state index in [2.05, 4.69) is 24.3 Å². The summed E-state index contributed by atoms with van der Waals surface area (Å²) in [6, 6.07) is 0.154. The van der Waals surface area contributed by atoms with E-state index in [1.807, 2.05) is 0 Å². The van der Waals surface area contributed by atoms with Crippen molar-refractivity contribution in [3.63, 3.8) is 0 Å². The first kappa shape index (κ1) is 13.8. The van der Waals surface area contributed by atoms with E-state index in [0.29, 0.717) is 11.8 Å². The van der Waals surface area contributed by atoms with Crippen molar-refractivity contribution >= 4 is 17.6 Å². The number of carbonyl (C=O) groups excluding carboxylic acids is 1. The molecule has 0 radical (unpaired) electrons. The van der Waals surface area contributed by atoms with E-state index in [9.17, 15) is 9.59 Å². The molecule has 1 amide bonds. The Hall–Kier alpha value is -1.59. The molecule has 0 bridgehead atoms. The average molecular weight is 268 g/mol. The molecule has 6 heteroatoms. The van der Waals surface area contributed by atoms with Crippen LogP contribution in [0.3, 0.4) is 0 Å². The van der Waals surface area contributed by atoms with E-state index in [1.54, 1.807) is 0 Å². The molecule has 1 saturated carbocycles. The summed E-state index contributed by atoms with van der Waals surface area (Å²) in [6.45, 7) is 4.36. The van der Waals surface area contributed by atoms with E-state index in [1.165, 1.54) is 0 Å². The molecule has 19 heavy (non-hydrogen) atoms. The van der Waals surface area contributed by atoms with Crippen LogP contribution in [0.4, 0.5) is 0 Å². The van der Waals surface area contributed by atoms with Gasteiger partial charge in [-0.15, -0.1) is 0 Å². The number of nitrogens with one attached hydrogen (secondary N) is 1. The fourth-order valence-electron chi connectivity index (χ4n) is 2.80. The lowest BCUT2D eigenvalue weighted by Gasteiger charge is -2.33. The number of carboxylic acid groups (broad SMARTS) is 1. The van der Waals surface area contributed by atoms with Gasteiger partial charge in [-0.3, -0.25) is 4.79 Å². The van der Waals surface area contributed by atoms with Gasteiger partial charge in [0, 0.05) is 12.5 Å². The Morgan fingerprint density at radius 3 is 2.68 bits per heavy atom. The van der Waals surface area contributed by atoms with Crippen LogP contribution in [0.15, 0.2) is 5.16 Å². The Morgan fingerprint density at radius 1 is 1.37 bits per heavy atom. The van der Waals surface area contributed by atoms with Gasteiger partial charge in [0.1, 0.15) is 0 Å². The van der Waals surface area contributed by atoms with Gasteiger partial charge in [0.15, 0.2) is 5.71 Å². The molecule has 0 spiro atoms. The van der Waals surface area contributed by atoms with Crippen LogP contribution in [0.2, 0.25) is 0 Å². The minimum absolute atomic E-state index is 0.0403. The van der Waals surface area contributed by atoms with Gasteiger partial charge >= 0.3 is 5.97 Å². The number of oxime groups is 1. The molecule has 0 aromatic carbocycles. The highest BCUT2D eigenvalue weighted by Crippen LogP contribution is 2.28. The van der Waals surface area contributed by atoms with Crippen molar-refractivity contribution in [3.8, 4) is 0 Å². The van der Waals surface area contributed by atoms with Gasteiger partial charge in [-0.25, -0.2) is 4.79 Å². The maximum atomic E-state index is 12.0. The monoisotopic (exact) mass is 268 g/mol. The van der Waals surface area contributed by atoms with E-state index in [-0.39, 0.29) is 24.1 Å². The van der Waals surface area contributed by atoms with Crippen LogP contribution in [0.5, 0.6) is 0 Å². The summed E-state index contributed by atoms with van der Waals surface area (Å²) in [5.74, 6) is -0.247. The predicted molar refractivity (Wildman–Crippen MR) is 68.7 cm³/mol. The Labute approximate surface area is 112 Å². The van der Waals surface area contributed by atoms with Gasteiger partial charge < -0.3 is 15.3 Å². The third-order valence-electron chi connectivity index (χ3n) is 3.97. The number of carboxylic acids is 1. The van der Waals surface area contributed by atoms with Gasteiger partial charge in [0.05, 0.1) is 0 Å². The maximum absolute atomic E-state index is 12.0. The highest BCUT2D eigenvalue weighted by atomic mass is 16.6. The van der Waals surface area contributed by atoms with E-state index in [0.717, 1.165) is 19.3 Å². The van der Waals surface area contributed by atoms with Crippen LogP contribution < -0.4 is 5.32 Å². The van der Waals surface area contributed by atoms with Crippen molar-refractivity contribution in [2.24, 2.45) is 17.0 Å². The highest BCUT2D eigenvalue weighted by Gasteiger charge is 2.34. The van der Waals surface area contributed by atoms with Crippen LogP contribution in [-0.2, 0) is 14.4 Å². The number of amides is 1. The normalized spacial score (nSPS) is 34.3. The van der Waals surface area contributed by atoms with E-state index < -0.39 is 12.1 Å². The lowest BCUT2D eigenvalue weighted by atomic mass is 9.80. The molecule has 2 aliphatic rings. The van der Waals surface area contributed by atoms with Crippen molar-refractivity contribution in [1.82, 2.24) is 5.32 Å². The molecular formula is C13H20N2O4. The van der Waals surface area contributed by atoms with Gasteiger partial charge in [0.25, 0.3) is 5.91 Å². The molecule has 4 atom stereocenters. The molecule has 0 aromatic heterocycles. The second-order valence-corrected chi connectivity index (χ2v) is 5.65. The maximum Gasteiger partial charge on any atom is 0.353 e. The smallest absolute Gasteiger partial charge is 0.353 e. The minimum Gasteiger partial charge on any atom is -0.477 e. The lowest BCUT2D eigenvalue weighted by molar-refractivity contribution is -0.132. The van der Waals surface area contributed by atoms with E-state index in [4.69, 9.17) is 9.94 Å². The summed E-state index contributed by atoms with van der Waals surface area (Å²) in [7, 11) is 0. The summed E-state index contributed by atoms with van der Waals surface area (Å²) in [5, 5.41) is 15.1. The summed E-state index contributed by atoms with van der Waals surface area (Å²) >= 11 is 0. The molecule has 0 aromatic rings. The quantitative estimate of drug-likeness (QED) is 0.804. The van der Waals surface area contributed by atoms with Crippen molar-refractivity contribution < 1.29 is 19.5 Å². The number of aliphatic carboxylic acids is 1. The SMILES string of the molecule is CC1CCC(NC(=O)C2CC(C(=O)O)=NO2)C(C)C1. The summed E-state index contributed by atoms with van der Waals surface area (Å²) in [4.78, 5) is 27.6. The van der Waals surface area contributed by atoms with Crippen LogP contribution in [0, 0.1) is 11.8 Å². The Balaban J connectivity index is 1.84. The molecule has 6 nitrogen and oxygen atoms in total. The lowest BCUT2D eigenvalue weighted by Crippen LogP contribution is -2.46. The molecule has 1 fully saturated rings. The van der Waals surface area contributed by atoms with Gasteiger partial charge in [0.2, 0.25) is 6.10 Å². The Kier molecular flexibility index (Phi) is 4.07. The summed E-state index contributed by atoms with van der Waals surface area (Å²) < 4.78 is 0. The number of hydrogen-bond acceptors (Lipinski definition) is 4. The molecule has 2 rings (SSSR count). The number of nitrogens with zero attached hydrogens (tertiary/aromatic N) is 1. The molecular weight excluding hydrogens is 248 g/mol. The zero-order valence-corrected chi connectivity index (χ0v) is 11.3. The molecule has 106 valence electrons. The zero-order chi connectivity index (χ0) is 14.0. The fraction of sp³-hybridized carbons (Fsp3) is 0.769. The number of rotatable bonds is 3. The number of hydrogen-bond donors (Lipinski definition) is 2. The predicted octanol–water partition coefficient (Wildman–Crippen LogP) is 1.16. The average Bonchev–Trinajstić information content (AvgIpc) is 2.82. The first-order chi connectivity index (χ1) is 8.97. The topological polar surface area (TPSA) is 88.0 Å². The standard InChI is InChI=1S/C13H20N2O4/c1-7-3-4-9(8(2)5-7)14-12(16)11-6-10(13(17)18)15-19-11/h7-9,11H,3-6H2,1-2H3,(H,14,16)(H,17,18). The van der Waals surface area contributed by atoms with Crippen LogP contribution in [0.1, 0.15) is 39.5 Å². The van der Waals surface area contributed by atoms with Crippen LogP contribution >= 0.6 is 0 Å². The van der Waals surface area contributed by atoms with Crippen molar-refractivity contribution in [3.05, 3.63) is 0 Å². The Bertz CT molecular complexity index is 407. The van der Waals surface area contributed by atoms with Gasteiger partial charge in [-0.2, -0.15) is 0 Å². The molecule has 1 aliphatic carbocycles. The molecule has 4 unspecified atom stereocenters. The first-order valence-electron chi connectivity index (χ1n) is 6.73. The minimum atomic E-state index is -1.13.